The van der Waals surface area contributed by atoms with E-state index in [2.05, 4.69) is 63.2 Å². The van der Waals surface area contributed by atoms with Crippen LogP contribution in [-0.4, -0.2) is 26.7 Å². The molecule has 0 aromatic heterocycles. The topological polar surface area (TPSA) is 24.5 Å². The van der Waals surface area contributed by atoms with Crippen molar-refractivity contribution in [2.75, 3.05) is 25.6 Å². The van der Waals surface area contributed by atoms with Crippen LogP contribution in [0.15, 0.2) is 18.2 Å². The molecule has 1 aromatic rings. The van der Waals surface area contributed by atoms with Gasteiger partial charge in [-0.3, -0.25) is 0 Å². The molecule has 3 nitrogen and oxygen atoms in total. The van der Waals surface area contributed by atoms with Crippen molar-refractivity contribution in [1.82, 2.24) is 5.32 Å². The van der Waals surface area contributed by atoms with Crippen LogP contribution in [0.1, 0.15) is 58.6 Å². The van der Waals surface area contributed by atoms with Crippen molar-refractivity contribution in [3.8, 4) is 5.75 Å². The highest BCUT2D eigenvalue weighted by molar-refractivity contribution is 5.61. The van der Waals surface area contributed by atoms with Gasteiger partial charge < -0.3 is 15.0 Å². The molecule has 0 spiro atoms. The molecule has 0 fully saturated rings. The van der Waals surface area contributed by atoms with Crippen molar-refractivity contribution in [2.45, 2.75) is 59.0 Å². The summed E-state index contributed by atoms with van der Waals surface area (Å²) in [6.45, 7) is 9.96. The number of methoxy groups -OCH3 is 1. The highest BCUT2D eigenvalue weighted by Gasteiger charge is 2.20. The van der Waals surface area contributed by atoms with E-state index in [0.717, 1.165) is 18.7 Å². The summed E-state index contributed by atoms with van der Waals surface area (Å²) in [7, 11) is 3.94. The number of hydrogen-bond acceptors (Lipinski definition) is 3. The van der Waals surface area contributed by atoms with Crippen LogP contribution < -0.4 is 15.0 Å². The van der Waals surface area contributed by atoms with Gasteiger partial charge in [0.2, 0.25) is 0 Å². The summed E-state index contributed by atoms with van der Waals surface area (Å²) in [5.41, 5.74) is 2.53. The van der Waals surface area contributed by atoms with Crippen molar-refractivity contribution in [3.05, 3.63) is 23.8 Å². The van der Waals surface area contributed by atoms with Gasteiger partial charge in [0.15, 0.2) is 0 Å². The SMILES string of the molecule is CCCNC(C)c1c(OC)cccc1N(C)C(C)CCC. The van der Waals surface area contributed by atoms with Gasteiger partial charge in [0.25, 0.3) is 0 Å². The number of nitrogens with zero attached hydrogens (tertiary/aromatic N) is 1. The molecular formula is C18H32N2O. The second-order valence-corrected chi connectivity index (χ2v) is 5.82. The van der Waals surface area contributed by atoms with Gasteiger partial charge >= 0.3 is 0 Å². The molecule has 2 unspecified atom stereocenters. The second-order valence-electron chi connectivity index (χ2n) is 5.82. The first-order valence-corrected chi connectivity index (χ1v) is 8.19. The fourth-order valence-corrected chi connectivity index (χ4v) is 2.76. The van der Waals surface area contributed by atoms with Crippen LogP contribution in [0.2, 0.25) is 0 Å². The molecule has 0 radical (unpaired) electrons. The van der Waals surface area contributed by atoms with Gasteiger partial charge in [-0.1, -0.05) is 26.3 Å². The van der Waals surface area contributed by atoms with Crippen LogP contribution in [0.3, 0.4) is 0 Å². The number of ether oxygens (including phenoxy) is 1. The second kappa shape index (κ2) is 8.93. The Morgan fingerprint density at radius 1 is 1.19 bits per heavy atom. The number of benzene rings is 1. The lowest BCUT2D eigenvalue weighted by atomic mass is 10.0. The molecule has 1 rings (SSSR count). The average Bonchev–Trinajstić information content (AvgIpc) is 2.51. The summed E-state index contributed by atoms with van der Waals surface area (Å²) in [5, 5.41) is 3.58. The summed E-state index contributed by atoms with van der Waals surface area (Å²) in [5.74, 6) is 0.971. The molecule has 1 N–H and O–H groups in total. The fourth-order valence-electron chi connectivity index (χ4n) is 2.76. The summed E-state index contributed by atoms with van der Waals surface area (Å²) in [6, 6.07) is 7.15. The maximum Gasteiger partial charge on any atom is 0.125 e. The largest absolute Gasteiger partial charge is 0.496 e. The minimum Gasteiger partial charge on any atom is -0.496 e. The molecular weight excluding hydrogens is 260 g/mol. The molecule has 0 bridgehead atoms. The molecule has 0 aliphatic heterocycles. The number of nitrogens with one attached hydrogen (secondary N) is 1. The van der Waals surface area contributed by atoms with Crippen molar-refractivity contribution in [1.29, 1.82) is 0 Å². The predicted octanol–water partition coefficient (Wildman–Crippen LogP) is 4.38. The van der Waals surface area contributed by atoms with Crippen LogP contribution in [-0.2, 0) is 0 Å². The first kappa shape index (κ1) is 17.8. The Balaban J connectivity index is 3.12. The van der Waals surface area contributed by atoms with Crippen LogP contribution in [0.5, 0.6) is 5.75 Å². The van der Waals surface area contributed by atoms with E-state index in [0.29, 0.717) is 6.04 Å². The number of rotatable bonds is 9. The molecule has 0 heterocycles. The van der Waals surface area contributed by atoms with Gasteiger partial charge in [0.05, 0.1) is 7.11 Å². The van der Waals surface area contributed by atoms with E-state index in [9.17, 15) is 0 Å². The molecule has 120 valence electrons. The molecule has 0 aliphatic carbocycles. The van der Waals surface area contributed by atoms with E-state index in [1.807, 2.05) is 0 Å². The van der Waals surface area contributed by atoms with E-state index >= 15 is 0 Å². The molecule has 0 amide bonds. The summed E-state index contributed by atoms with van der Waals surface area (Å²) in [6.07, 6.45) is 3.54. The maximum atomic E-state index is 5.61. The van der Waals surface area contributed by atoms with Crippen LogP contribution in [0.4, 0.5) is 5.69 Å². The molecule has 1 aromatic carbocycles. The van der Waals surface area contributed by atoms with Gasteiger partial charge in [0, 0.05) is 30.4 Å². The van der Waals surface area contributed by atoms with Crippen LogP contribution >= 0.6 is 0 Å². The van der Waals surface area contributed by atoms with E-state index in [1.54, 1.807) is 7.11 Å². The Kier molecular flexibility index (Phi) is 7.58. The van der Waals surface area contributed by atoms with Gasteiger partial charge in [-0.05, 0) is 45.4 Å². The van der Waals surface area contributed by atoms with E-state index in [1.165, 1.54) is 24.1 Å². The van der Waals surface area contributed by atoms with E-state index in [-0.39, 0.29) is 6.04 Å². The Hall–Kier alpha value is -1.22. The third kappa shape index (κ3) is 4.63. The highest BCUT2D eigenvalue weighted by Crippen LogP contribution is 2.35. The maximum absolute atomic E-state index is 5.61. The Morgan fingerprint density at radius 2 is 1.90 bits per heavy atom. The van der Waals surface area contributed by atoms with Crippen molar-refractivity contribution >= 4 is 5.69 Å². The zero-order valence-corrected chi connectivity index (χ0v) is 14.6. The van der Waals surface area contributed by atoms with Gasteiger partial charge in [-0.2, -0.15) is 0 Å². The summed E-state index contributed by atoms with van der Waals surface area (Å²) in [4.78, 5) is 2.38. The molecule has 21 heavy (non-hydrogen) atoms. The van der Waals surface area contributed by atoms with Crippen LogP contribution in [0.25, 0.3) is 0 Å². The Bertz CT molecular complexity index is 420. The smallest absolute Gasteiger partial charge is 0.125 e. The van der Waals surface area contributed by atoms with Crippen LogP contribution in [0, 0.1) is 0 Å². The Morgan fingerprint density at radius 3 is 2.48 bits per heavy atom. The number of anilines is 1. The Labute approximate surface area is 130 Å². The normalized spacial score (nSPS) is 13.8. The lowest BCUT2D eigenvalue weighted by Crippen LogP contribution is -2.31. The third-order valence-electron chi connectivity index (χ3n) is 4.14. The minimum atomic E-state index is 0.285. The predicted molar refractivity (Wildman–Crippen MR) is 92.5 cm³/mol. The van der Waals surface area contributed by atoms with E-state index in [4.69, 9.17) is 4.74 Å². The quantitative estimate of drug-likeness (QED) is 0.731. The highest BCUT2D eigenvalue weighted by atomic mass is 16.5. The van der Waals surface area contributed by atoms with Gasteiger partial charge in [-0.25, -0.2) is 0 Å². The van der Waals surface area contributed by atoms with Crippen molar-refractivity contribution in [3.63, 3.8) is 0 Å². The van der Waals surface area contributed by atoms with Gasteiger partial charge in [0.1, 0.15) is 5.75 Å². The lowest BCUT2D eigenvalue weighted by Gasteiger charge is -2.31. The van der Waals surface area contributed by atoms with Crippen molar-refractivity contribution < 1.29 is 4.74 Å². The third-order valence-corrected chi connectivity index (χ3v) is 4.14. The minimum absolute atomic E-state index is 0.285. The summed E-state index contributed by atoms with van der Waals surface area (Å²) >= 11 is 0. The molecule has 0 aliphatic rings. The number of hydrogen-bond donors (Lipinski definition) is 1. The standard InChI is InChI=1S/C18H32N2O/c1-7-10-14(3)20(5)16-11-9-12-17(21-6)18(16)15(4)19-13-8-2/h9,11-12,14-15,19H,7-8,10,13H2,1-6H3. The molecule has 3 heteroatoms. The van der Waals surface area contributed by atoms with Gasteiger partial charge in [-0.15, -0.1) is 0 Å². The monoisotopic (exact) mass is 292 g/mol. The van der Waals surface area contributed by atoms with E-state index < -0.39 is 0 Å². The average molecular weight is 292 g/mol. The molecule has 2 atom stereocenters. The fraction of sp³-hybridized carbons (Fsp3) is 0.667. The molecule has 0 saturated carbocycles. The molecule has 0 saturated heterocycles. The lowest BCUT2D eigenvalue weighted by molar-refractivity contribution is 0.401. The summed E-state index contributed by atoms with van der Waals surface area (Å²) < 4.78 is 5.61. The zero-order valence-electron chi connectivity index (χ0n) is 14.6. The first-order valence-electron chi connectivity index (χ1n) is 8.19. The zero-order chi connectivity index (χ0) is 15.8. The first-order chi connectivity index (χ1) is 10.1. The van der Waals surface area contributed by atoms with Crippen molar-refractivity contribution in [2.24, 2.45) is 0 Å².